The molecule has 1 aromatic heterocycles. The van der Waals surface area contributed by atoms with Gasteiger partial charge in [0.2, 0.25) is 11.2 Å². The van der Waals surface area contributed by atoms with Gasteiger partial charge in [-0.15, -0.1) is 0 Å². The first-order valence-electron chi connectivity index (χ1n) is 9.71. The van der Waals surface area contributed by atoms with Crippen molar-refractivity contribution in [3.05, 3.63) is 81.8 Å². The number of carbonyl (C=O) groups is 1. The van der Waals surface area contributed by atoms with Gasteiger partial charge in [-0.2, -0.15) is 0 Å². The number of hydrogen-bond acceptors (Lipinski definition) is 6. The second kappa shape index (κ2) is 9.41. The van der Waals surface area contributed by atoms with E-state index in [1.807, 2.05) is 36.4 Å². The lowest BCUT2D eigenvalue weighted by Gasteiger charge is -2.06. The standard InChI is InChI=1S/C24H24N2O4/c1-15(14-27)11-21(25)24(29)22-23(28)20-6-4-3-5-19(20)17(13-26-22)12-16-7-9-18(30-2)10-8-16/h3-10,13,15,25,27H,11-12,14H2,1-2H3. The minimum atomic E-state index is -0.697. The largest absolute Gasteiger partial charge is 0.497 e. The van der Waals surface area contributed by atoms with Crippen LogP contribution in [0.4, 0.5) is 0 Å². The third-order valence-electron chi connectivity index (χ3n) is 4.99. The second-order valence-electron chi connectivity index (χ2n) is 7.33. The van der Waals surface area contributed by atoms with Crippen molar-refractivity contribution in [2.45, 2.75) is 19.8 Å². The number of Topliss-reactive ketones (excluding diaryl/α,β-unsaturated/α-hetero) is 1. The summed E-state index contributed by atoms with van der Waals surface area (Å²) in [5.41, 5.74) is 0.842. The van der Waals surface area contributed by atoms with Crippen LogP contribution in [-0.4, -0.2) is 35.3 Å². The molecule has 3 rings (SSSR count). The Balaban J connectivity index is 2.07. The lowest BCUT2D eigenvalue weighted by molar-refractivity contribution is 0.105. The molecule has 2 aromatic carbocycles. The highest BCUT2D eigenvalue weighted by Crippen LogP contribution is 2.20. The van der Waals surface area contributed by atoms with Gasteiger partial charge in [-0.1, -0.05) is 43.3 Å². The molecule has 0 fully saturated rings. The van der Waals surface area contributed by atoms with E-state index in [1.165, 1.54) is 0 Å². The Morgan fingerprint density at radius 3 is 2.43 bits per heavy atom. The molecule has 0 spiro atoms. The normalized spacial score (nSPS) is 11.8. The number of aliphatic hydroxyl groups is 1. The van der Waals surface area contributed by atoms with Gasteiger partial charge in [0.05, 0.1) is 12.8 Å². The zero-order valence-electron chi connectivity index (χ0n) is 17.0. The number of ether oxygens (including phenoxy) is 1. The fourth-order valence-corrected chi connectivity index (χ4v) is 3.27. The van der Waals surface area contributed by atoms with E-state index < -0.39 is 11.2 Å². The molecule has 1 unspecified atom stereocenters. The van der Waals surface area contributed by atoms with Crippen molar-refractivity contribution in [2.24, 2.45) is 5.92 Å². The maximum absolute atomic E-state index is 13.1. The van der Waals surface area contributed by atoms with Crippen LogP contribution in [0, 0.1) is 11.3 Å². The van der Waals surface area contributed by atoms with Crippen LogP contribution >= 0.6 is 0 Å². The van der Waals surface area contributed by atoms with Crippen molar-refractivity contribution in [1.29, 1.82) is 5.41 Å². The van der Waals surface area contributed by atoms with E-state index in [1.54, 1.807) is 32.4 Å². The number of aromatic nitrogens is 1. The van der Waals surface area contributed by atoms with Gasteiger partial charge in [0.1, 0.15) is 5.75 Å². The first-order valence-corrected chi connectivity index (χ1v) is 9.71. The van der Waals surface area contributed by atoms with Crippen LogP contribution < -0.4 is 10.2 Å². The zero-order chi connectivity index (χ0) is 21.7. The molecule has 6 heteroatoms. The lowest BCUT2D eigenvalue weighted by atomic mass is 9.99. The summed E-state index contributed by atoms with van der Waals surface area (Å²) in [5.74, 6) is -0.181. The number of methoxy groups -OCH3 is 1. The van der Waals surface area contributed by atoms with Crippen molar-refractivity contribution >= 4 is 22.3 Å². The maximum atomic E-state index is 13.1. The molecular weight excluding hydrogens is 380 g/mol. The predicted octanol–water partition coefficient (Wildman–Crippen LogP) is 3.42. The second-order valence-corrected chi connectivity index (χ2v) is 7.33. The SMILES string of the molecule is COc1ccc(Cc2cnc(C(=O)C(=N)CC(C)CO)c(=O)c3ccccc23)cc1. The van der Waals surface area contributed by atoms with E-state index >= 15 is 0 Å². The summed E-state index contributed by atoms with van der Waals surface area (Å²) in [6, 6.07) is 14.7. The zero-order valence-corrected chi connectivity index (χ0v) is 17.0. The summed E-state index contributed by atoms with van der Waals surface area (Å²) < 4.78 is 5.19. The smallest absolute Gasteiger partial charge is 0.228 e. The number of hydrogen-bond donors (Lipinski definition) is 2. The van der Waals surface area contributed by atoms with Crippen LogP contribution in [-0.2, 0) is 6.42 Å². The minimum absolute atomic E-state index is 0.0890. The monoisotopic (exact) mass is 404 g/mol. The quantitative estimate of drug-likeness (QED) is 0.443. The molecule has 0 radical (unpaired) electrons. The Morgan fingerprint density at radius 1 is 1.13 bits per heavy atom. The molecule has 1 atom stereocenters. The summed E-state index contributed by atoms with van der Waals surface area (Å²) in [7, 11) is 1.61. The Hall–Kier alpha value is -3.38. The average molecular weight is 404 g/mol. The molecule has 6 nitrogen and oxygen atoms in total. The van der Waals surface area contributed by atoms with E-state index in [2.05, 4.69) is 4.98 Å². The molecule has 0 saturated carbocycles. The van der Waals surface area contributed by atoms with E-state index in [0.29, 0.717) is 11.8 Å². The molecule has 0 saturated heterocycles. The van der Waals surface area contributed by atoms with Gasteiger partial charge < -0.3 is 15.3 Å². The van der Waals surface area contributed by atoms with E-state index in [9.17, 15) is 14.7 Å². The van der Waals surface area contributed by atoms with Crippen LogP contribution in [0.1, 0.15) is 35.0 Å². The number of fused-ring (bicyclic) bond motifs is 1. The Labute approximate surface area is 174 Å². The summed E-state index contributed by atoms with van der Waals surface area (Å²) >= 11 is 0. The molecule has 0 bridgehead atoms. The van der Waals surface area contributed by atoms with Crippen LogP contribution in [0.25, 0.3) is 10.8 Å². The predicted molar refractivity (Wildman–Crippen MR) is 117 cm³/mol. The van der Waals surface area contributed by atoms with Crippen molar-refractivity contribution < 1.29 is 14.6 Å². The third kappa shape index (κ3) is 4.60. The Kier molecular flexibility index (Phi) is 6.69. The van der Waals surface area contributed by atoms with Crippen LogP contribution in [0.5, 0.6) is 5.75 Å². The number of nitrogens with one attached hydrogen (secondary N) is 1. The Morgan fingerprint density at radius 2 is 1.80 bits per heavy atom. The number of benzene rings is 2. The van der Waals surface area contributed by atoms with Crippen LogP contribution in [0.15, 0.2) is 59.5 Å². The van der Waals surface area contributed by atoms with Gasteiger partial charge in [0, 0.05) is 18.2 Å². The minimum Gasteiger partial charge on any atom is -0.497 e. The van der Waals surface area contributed by atoms with Gasteiger partial charge in [-0.3, -0.25) is 9.59 Å². The molecule has 3 aromatic rings. The van der Waals surface area contributed by atoms with Crippen LogP contribution in [0.3, 0.4) is 0 Å². The van der Waals surface area contributed by atoms with Gasteiger partial charge in [-0.25, -0.2) is 4.98 Å². The topological polar surface area (TPSA) is 100 Å². The van der Waals surface area contributed by atoms with Gasteiger partial charge in [0.15, 0.2) is 5.69 Å². The van der Waals surface area contributed by atoms with Gasteiger partial charge in [-0.05, 0) is 47.4 Å². The molecule has 0 aliphatic rings. The maximum Gasteiger partial charge on any atom is 0.228 e. The Bertz CT molecular complexity index is 1140. The van der Waals surface area contributed by atoms with Crippen molar-refractivity contribution in [2.75, 3.05) is 13.7 Å². The van der Waals surface area contributed by atoms with Crippen molar-refractivity contribution in [1.82, 2.24) is 4.98 Å². The first kappa shape index (κ1) is 21.3. The highest BCUT2D eigenvalue weighted by atomic mass is 16.5. The highest BCUT2D eigenvalue weighted by molar-refractivity contribution is 6.44. The highest BCUT2D eigenvalue weighted by Gasteiger charge is 2.20. The summed E-state index contributed by atoms with van der Waals surface area (Å²) in [6.45, 7) is 1.60. The van der Waals surface area contributed by atoms with E-state index in [-0.39, 0.29) is 30.4 Å². The van der Waals surface area contributed by atoms with E-state index in [4.69, 9.17) is 10.1 Å². The fraction of sp³-hybridized carbons (Fsp3) is 0.250. The molecule has 0 amide bonds. The van der Waals surface area contributed by atoms with Crippen molar-refractivity contribution in [3.63, 3.8) is 0 Å². The molecule has 154 valence electrons. The number of carbonyl (C=O) groups excluding carboxylic acids is 1. The number of rotatable bonds is 8. The molecular formula is C24H24N2O4. The summed E-state index contributed by atoms with van der Waals surface area (Å²) in [5, 5.41) is 18.4. The van der Waals surface area contributed by atoms with Crippen molar-refractivity contribution in [3.8, 4) is 5.75 Å². The summed E-state index contributed by atoms with van der Waals surface area (Å²) in [6.07, 6.45) is 2.16. The van der Waals surface area contributed by atoms with Gasteiger partial charge >= 0.3 is 0 Å². The molecule has 1 heterocycles. The third-order valence-corrected chi connectivity index (χ3v) is 4.99. The first-order chi connectivity index (χ1) is 14.4. The number of ketones is 1. The van der Waals surface area contributed by atoms with E-state index in [0.717, 1.165) is 22.3 Å². The fourth-order valence-electron chi connectivity index (χ4n) is 3.27. The van der Waals surface area contributed by atoms with Crippen LogP contribution in [0.2, 0.25) is 0 Å². The number of nitrogens with zero attached hydrogens (tertiary/aromatic N) is 1. The number of aliphatic hydroxyl groups excluding tert-OH is 1. The lowest BCUT2D eigenvalue weighted by Crippen LogP contribution is -2.24. The molecule has 0 aliphatic heterocycles. The average Bonchev–Trinajstić information content (AvgIpc) is 2.91. The molecule has 2 N–H and O–H groups in total. The van der Waals surface area contributed by atoms with Gasteiger partial charge in [0.25, 0.3) is 0 Å². The molecule has 30 heavy (non-hydrogen) atoms. The summed E-state index contributed by atoms with van der Waals surface area (Å²) in [4.78, 5) is 30.0. The molecule has 0 aliphatic carbocycles.